The Labute approximate surface area is 166 Å². The molecule has 0 aromatic heterocycles. The number of rotatable bonds is 5. The molecule has 144 valence electrons. The predicted molar refractivity (Wildman–Crippen MR) is 107 cm³/mol. The van der Waals surface area contributed by atoms with Crippen LogP contribution in [-0.2, 0) is 9.59 Å². The summed E-state index contributed by atoms with van der Waals surface area (Å²) in [5.74, 6) is -0.899. The first kappa shape index (κ1) is 19.6. The SMILES string of the molecule is Cc1c(Cl)cccc1NC1=C(c2ccc([N+](=O)[O-])cc2)C(=O)N(C(C)C)C1=O. The minimum atomic E-state index is -0.519. The third-order valence-corrected chi connectivity index (χ3v) is 4.94. The molecule has 1 N–H and O–H groups in total. The van der Waals surface area contributed by atoms with E-state index >= 15 is 0 Å². The van der Waals surface area contributed by atoms with E-state index < -0.39 is 16.7 Å². The highest BCUT2D eigenvalue weighted by Crippen LogP contribution is 2.34. The lowest BCUT2D eigenvalue weighted by molar-refractivity contribution is -0.384. The normalized spacial score (nSPS) is 14.2. The van der Waals surface area contributed by atoms with Gasteiger partial charge in [-0.05, 0) is 56.2 Å². The molecule has 1 aliphatic heterocycles. The topological polar surface area (TPSA) is 92.6 Å². The van der Waals surface area contributed by atoms with Crippen molar-refractivity contribution in [2.45, 2.75) is 26.8 Å². The first-order valence-electron chi connectivity index (χ1n) is 8.61. The molecule has 0 bridgehead atoms. The second-order valence-corrected chi connectivity index (χ2v) is 7.07. The van der Waals surface area contributed by atoms with Gasteiger partial charge in [-0.2, -0.15) is 0 Å². The highest BCUT2D eigenvalue weighted by atomic mass is 35.5. The first-order chi connectivity index (χ1) is 13.2. The van der Waals surface area contributed by atoms with Gasteiger partial charge >= 0.3 is 0 Å². The number of anilines is 1. The number of halogens is 1. The summed E-state index contributed by atoms with van der Waals surface area (Å²) in [6.07, 6.45) is 0. The summed E-state index contributed by atoms with van der Waals surface area (Å²) in [6, 6.07) is 10.4. The molecule has 0 saturated carbocycles. The maximum atomic E-state index is 13.0. The third kappa shape index (κ3) is 3.36. The maximum Gasteiger partial charge on any atom is 0.278 e. The summed E-state index contributed by atoms with van der Waals surface area (Å²) in [4.78, 5) is 37.5. The Morgan fingerprint density at radius 2 is 1.71 bits per heavy atom. The smallest absolute Gasteiger partial charge is 0.278 e. The van der Waals surface area contributed by atoms with Crippen LogP contribution in [0.4, 0.5) is 11.4 Å². The number of nitro benzene ring substituents is 1. The van der Waals surface area contributed by atoms with E-state index in [4.69, 9.17) is 11.6 Å². The molecule has 3 rings (SSSR count). The molecule has 2 aromatic rings. The van der Waals surface area contributed by atoms with Crippen molar-refractivity contribution >= 4 is 40.4 Å². The molecule has 1 aliphatic rings. The number of non-ortho nitro benzene ring substituents is 1. The second-order valence-electron chi connectivity index (χ2n) is 6.67. The van der Waals surface area contributed by atoms with Crippen LogP contribution in [0.1, 0.15) is 25.0 Å². The second kappa shape index (κ2) is 7.44. The van der Waals surface area contributed by atoms with Gasteiger partial charge in [0, 0.05) is 28.9 Å². The molecule has 1 heterocycles. The van der Waals surface area contributed by atoms with E-state index in [1.165, 1.54) is 29.2 Å². The molecule has 8 heteroatoms. The predicted octanol–water partition coefficient (Wildman–Crippen LogP) is 4.16. The molecule has 2 amide bonds. The van der Waals surface area contributed by atoms with Gasteiger partial charge in [-0.15, -0.1) is 0 Å². The average Bonchev–Trinajstić information content (AvgIpc) is 2.89. The van der Waals surface area contributed by atoms with Crippen LogP contribution in [0.15, 0.2) is 48.2 Å². The zero-order valence-corrected chi connectivity index (χ0v) is 16.3. The van der Waals surface area contributed by atoms with Crippen LogP contribution in [0.3, 0.4) is 0 Å². The Morgan fingerprint density at radius 3 is 2.29 bits per heavy atom. The Balaban J connectivity index is 2.13. The molecule has 0 radical (unpaired) electrons. The molecule has 0 spiro atoms. The van der Waals surface area contributed by atoms with Gasteiger partial charge in [0.15, 0.2) is 0 Å². The number of hydrogen-bond acceptors (Lipinski definition) is 5. The Morgan fingerprint density at radius 1 is 1.07 bits per heavy atom. The van der Waals surface area contributed by atoms with E-state index in [9.17, 15) is 19.7 Å². The molecule has 2 aromatic carbocycles. The van der Waals surface area contributed by atoms with Crippen LogP contribution in [0.5, 0.6) is 0 Å². The van der Waals surface area contributed by atoms with E-state index in [0.29, 0.717) is 16.3 Å². The summed E-state index contributed by atoms with van der Waals surface area (Å²) in [5.41, 5.74) is 1.97. The van der Waals surface area contributed by atoms with Crippen molar-refractivity contribution in [1.29, 1.82) is 0 Å². The van der Waals surface area contributed by atoms with Crippen molar-refractivity contribution in [2.24, 2.45) is 0 Å². The highest BCUT2D eigenvalue weighted by molar-refractivity contribution is 6.37. The van der Waals surface area contributed by atoms with Crippen molar-refractivity contribution in [2.75, 3.05) is 5.32 Å². The zero-order valence-electron chi connectivity index (χ0n) is 15.5. The maximum absolute atomic E-state index is 13.0. The lowest BCUT2D eigenvalue weighted by Crippen LogP contribution is -2.38. The number of hydrogen-bond donors (Lipinski definition) is 1. The Kier molecular flexibility index (Phi) is 5.20. The average molecular weight is 400 g/mol. The minimum absolute atomic E-state index is 0.0953. The summed E-state index contributed by atoms with van der Waals surface area (Å²) >= 11 is 6.16. The van der Waals surface area contributed by atoms with Crippen LogP contribution in [0.2, 0.25) is 5.02 Å². The van der Waals surface area contributed by atoms with E-state index in [2.05, 4.69) is 5.32 Å². The van der Waals surface area contributed by atoms with Crippen molar-refractivity contribution in [1.82, 2.24) is 4.90 Å². The van der Waals surface area contributed by atoms with Gasteiger partial charge in [-0.1, -0.05) is 17.7 Å². The van der Waals surface area contributed by atoms with Crippen molar-refractivity contribution in [3.8, 4) is 0 Å². The molecule has 28 heavy (non-hydrogen) atoms. The fraction of sp³-hybridized carbons (Fsp3) is 0.200. The number of nitro groups is 1. The number of nitrogens with one attached hydrogen (secondary N) is 1. The van der Waals surface area contributed by atoms with Gasteiger partial charge in [-0.25, -0.2) is 0 Å². The number of nitrogens with zero attached hydrogens (tertiary/aromatic N) is 2. The fourth-order valence-corrected chi connectivity index (χ4v) is 3.20. The summed E-state index contributed by atoms with van der Waals surface area (Å²) in [6.45, 7) is 5.30. The Bertz CT molecular complexity index is 1010. The van der Waals surface area contributed by atoms with Gasteiger partial charge in [0.1, 0.15) is 5.70 Å². The standard InChI is InChI=1S/C20H18ClN3O4/c1-11(2)23-19(25)17(13-7-9-14(10-8-13)24(27)28)18(20(23)26)22-16-6-4-5-15(21)12(16)3/h4-11,22H,1-3H3. The van der Waals surface area contributed by atoms with Gasteiger partial charge in [0.2, 0.25) is 0 Å². The molecule has 0 saturated heterocycles. The number of amides is 2. The summed E-state index contributed by atoms with van der Waals surface area (Å²) in [7, 11) is 0. The number of carbonyl (C=O) groups excluding carboxylic acids is 2. The molecule has 0 unspecified atom stereocenters. The van der Waals surface area contributed by atoms with E-state index in [0.717, 1.165) is 5.56 Å². The van der Waals surface area contributed by atoms with E-state index in [1.54, 1.807) is 39.0 Å². The zero-order chi connectivity index (χ0) is 20.6. The van der Waals surface area contributed by atoms with Crippen LogP contribution in [0, 0.1) is 17.0 Å². The Hall–Kier alpha value is -3.19. The molecule has 0 aliphatic carbocycles. The largest absolute Gasteiger partial charge is 0.350 e. The van der Waals surface area contributed by atoms with Gasteiger partial charge < -0.3 is 5.32 Å². The van der Waals surface area contributed by atoms with Crippen molar-refractivity contribution in [3.63, 3.8) is 0 Å². The minimum Gasteiger partial charge on any atom is -0.350 e. The monoisotopic (exact) mass is 399 g/mol. The third-order valence-electron chi connectivity index (χ3n) is 4.53. The van der Waals surface area contributed by atoms with Crippen molar-refractivity contribution < 1.29 is 14.5 Å². The molecule has 7 nitrogen and oxygen atoms in total. The lowest BCUT2D eigenvalue weighted by Gasteiger charge is -2.19. The quantitative estimate of drug-likeness (QED) is 0.463. The van der Waals surface area contributed by atoms with Crippen LogP contribution in [-0.4, -0.2) is 27.7 Å². The summed E-state index contributed by atoms with van der Waals surface area (Å²) < 4.78 is 0. The van der Waals surface area contributed by atoms with Gasteiger partial charge in [0.05, 0.1) is 10.5 Å². The van der Waals surface area contributed by atoms with Crippen molar-refractivity contribution in [3.05, 3.63) is 74.4 Å². The van der Waals surface area contributed by atoms with E-state index in [-0.39, 0.29) is 23.0 Å². The fourth-order valence-electron chi connectivity index (χ4n) is 3.03. The number of imide groups is 1. The van der Waals surface area contributed by atoms with Crippen LogP contribution in [0.25, 0.3) is 5.57 Å². The summed E-state index contributed by atoms with van der Waals surface area (Å²) in [5, 5.41) is 14.5. The molecular formula is C20H18ClN3O4. The van der Waals surface area contributed by atoms with Gasteiger partial charge in [-0.3, -0.25) is 24.6 Å². The molecule has 0 atom stereocenters. The lowest BCUT2D eigenvalue weighted by atomic mass is 10.0. The van der Waals surface area contributed by atoms with Gasteiger partial charge in [0.25, 0.3) is 17.5 Å². The molecule has 0 fully saturated rings. The highest BCUT2D eigenvalue weighted by Gasteiger charge is 2.40. The van der Waals surface area contributed by atoms with Crippen LogP contribution < -0.4 is 5.32 Å². The number of carbonyl (C=O) groups is 2. The van der Waals surface area contributed by atoms with E-state index in [1.807, 2.05) is 0 Å². The first-order valence-corrected chi connectivity index (χ1v) is 8.99. The molecular weight excluding hydrogens is 382 g/mol. The van der Waals surface area contributed by atoms with Crippen LogP contribution >= 0.6 is 11.6 Å². The number of benzene rings is 2.